The Morgan fingerprint density at radius 3 is 2.77 bits per heavy atom. The van der Waals surface area contributed by atoms with Gasteiger partial charge in [0.25, 0.3) is 5.91 Å². The molecule has 2 aromatic rings. The maximum absolute atomic E-state index is 12.5. The van der Waals surface area contributed by atoms with Crippen LogP contribution in [0.15, 0.2) is 42.5 Å². The van der Waals surface area contributed by atoms with Crippen LogP contribution in [0.5, 0.6) is 0 Å². The van der Waals surface area contributed by atoms with Crippen molar-refractivity contribution < 1.29 is 9.59 Å². The lowest BCUT2D eigenvalue weighted by Crippen LogP contribution is -2.34. The molecule has 138 valence electrons. The number of anilines is 2. The van der Waals surface area contributed by atoms with Gasteiger partial charge in [0.05, 0.1) is 0 Å². The van der Waals surface area contributed by atoms with Crippen LogP contribution in [-0.2, 0) is 11.3 Å². The highest BCUT2D eigenvalue weighted by Gasteiger charge is 2.18. The molecule has 1 saturated heterocycles. The van der Waals surface area contributed by atoms with Crippen LogP contribution in [0.2, 0.25) is 0 Å². The minimum Gasteiger partial charge on any atom is -0.399 e. The summed E-state index contributed by atoms with van der Waals surface area (Å²) in [6.45, 7) is 3.27. The minimum absolute atomic E-state index is 0. The van der Waals surface area contributed by atoms with Gasteiger partial charge in [-0.3, -0.25) is 9.59 Å². The first-order valence-corrected chi connectivity index (χ1v) is 8.57. The Bertz CT molecular complexity index is 807. The molecule has 26 heavy (non-hydrogen) atoms. The highest BCUT2D eigenvalue weighted by Crippen LogP contribution is 2.19. The van der Waals surface area contributed by atoms with Crippen LogP contribution < -0.4 is 11.1 Å². The molecule has 0 radical (unpaired) electrons. The molecule has 0 aromatic heterocycles. The van der Waals surface area contributed by atoms with Crippen molar-refractivity contribution in [1.29, 1.82) is 0 Å². The fraction of sp³-hybridized carbons (Fsp3) is 0.300. The van der Waals surface area contributed by atoms with Gasteiger partial charge in [0, 0.05) is 36.4 Å². The normalized spacial score (nSPS) is 13.9. The van der Waals surface area contributed by atoms with Gasteiger partial charge in [0.1, 0.15) is 0 Å². The molecular weight excluding hydrogens is 350 g/mol. The van der Waals surface area contributed by atoms with Gasteiger partial charge in [0.15, 0.2) is 0 Å². The molecule has 1 aliphatic rings. The van der Waals surface area contributed by atoms with Gasteiger partial charge >= 0.3 is 0 Å². The lowest BCUT2D eigenvalue weighted by Gasteiger charge is -2.26. The molecule has 2 amide bonds. The first-order valence-electron chi connectivity index (χ1n) is 8.57. The van der Waals surface area contributed by atoms with Crippen molar-refractivity contribution in [3.05, 3.63) is 59.2 Å². The number of piperidine rings is 1. The van der Waals surface area contributed by atoms with E-state index in [1.807, 2.05) is 42.2 Å². The lowest BCUT2D eigenvalue weighted by molar-refractivity contribution is -0.133. The number of nitrogens with two attached hydrogens (primary N) is 1. The molecule has 1 aliphatic heterocycles. The van der Waals surface area contributed by atoms with Gasteiger partial charge in [0.2, 0.25) is 5.91 Å². The highest BCUT2D eigenvalue weighted by molar-refractivity contribution is 6.05. The van der Waals surface area contributed by atoms with Crippen molar-refractivity contribution in [3.8, 4) is 0 Å². The van der Waals surface area contributed by atoms with Crippen molar-refractivity contribution >= 4 is 35.6 Å². The Morgan fingerprint density at radius 2 is 2.00 bits per heavy atom. The molecule has 0 unspecified atom stereocenters. The third kappa shape index (κ3) is 4.76. The summed E-state index contributed by atoms with van der Waals surface area (Å²) in [6, 6.07) is 12.9. The lowest BCUT2D eigenvalue weighted by atomic mass is 10.1. The van der Waals surface area contributed by atoms with Gasteiger partial charge in [-0.15, -0.1) is 12.4 Å². The van der Waals surface area contributed by atoms with Crippen LogP contribution in [0.4, 0.5) is 11.4 Å². The molecule has 6 heteroatoms. The summed E-state index contributed by atoms with van der Waals surface area (Å²) < 4.78 is 0. The summed E-state index contributed by atoms with van der Waals surface area (Å²) in [5.41, 5.74) is 9.52. The van der Waals surface area contributed by atoms with Crippen LogP contribution >= 0.6 is 12.4 Å². The highest BCUT2D eigenvalue weighted by atomic mass is 35.5. The van der Waals surface area contributed by atoms with Crippen LogP contribution in [0.25, 0.3) is 0 Å². The quantitative estimate of drug-likeness (QED) is 0.801. The smallest absolute Gasteiger partial charge is 0.256 e. The first-order chi connectivity index (χ1) is 12.0. The van der Waals surface area contributed by atoms with Crippen LogP contribution in [0.1, 0.15) is 40.7 Å². The Hall–Kier alpha value is -2.53. The number of nitrogens with one attached hydrogen (secondary N) is 1. The number of hydrogen-bond acceptors (Lipinski definition) is 3. The van der Waals surface area contributed by atoms with E-state index >= 15 is 0 Å². The van der Waals surface area contributed by atoms with E-state index in [9.17, 15) is 9.59 Å². The fourth-order valence-corrected chi connectivity index (χ4v) is 3.08. The van der Waals surface area contributed by atoms with Gasteiger partial charge in [-0.05, 0) is 55.2 Å². The van der Waals surface area contributed by atoms with Gasteiger partial charge in [-0.25, -0.2) is 0 Å². The molecule has 1 heterocycles. The van der Waals surface area contributed by atoms with E-state index in [0.29, 0.717) is 29.9 Å². The zero-order valence-corrected chi connectivity index (χ0v) is 15.6. The number of halogens is 1. The van der Waals surface area contributed by atoms with E-state index in [2.05, 4.69) is 5.32 Å². The maximum Gasteiger partial charge on any atom is 0.256 e. The standard InChI is InChI=1S/C20H23N3O2.ClH/c1-14-8-9-16(21)12-18(14)20(25)22-17-6-4-5-15(11-17)13-23-10-3-2-7-19(23)24;/h4-6,8-9,11-12H,2-3,7,10,13,21H2,1H3,(H,22,25);1H. The average Bonchev–Trinajstić information content (AvgIpc) is 2.59. The number of amides is 2. The van der Waals surface area contributed by atoms with Crippen molar-refractivity contribution in [1.82, 2.24) is 4.90 Å². The molecular formula is C20H24ClN3O2. The molecule has 0 bridgehead atoms. The number of nitrogen functional groups attached to an aromatic ring is 1. The Balaban J connectivity index is 0.00000243. The van der Waals surface area contributed by atoms with Crippen molar-refractivity contribution in [3.63, 3.8) is 0 Å². The summed E-state index contributed by atoms with van der Waals surface area (Å²) in [4.78, 5) is 26.4. The number of carbonyl (C=O) groups is 2. The second-order valence-electron chi connectivity index (χ2n) is 6.50. The number of likely N-dealkylation sites (tertiary alicyclic amines) is 1. The SMILES string of the molecule is Cc1ccc(N)cc1C(=O)Nc1cccc(CN2CCCCC2=O)c1.Cl. The largest absolute Gasteiger partial charge is 0.399 e. The molecule has 0 aliphatic carbocycles. The number of benzene rings is 2. The summed E-state index contributed by atoms with van der Waals surface area (Å²) in [7, 11) is 0. The van der Waals surface area contributed by atoms with Crippen molar-refractivity contribution in [2.75, 3.05) is 17.6 Å². The monoisotopic (exact) mass is 373 g/mol. The Kier molecular flexibility index (Phi) is 6.64. The molecule has 0 saturated carbocycles. The molecule has 3 N–H and O–H groups in total. The zero-order valence-electron chi connectivity index (χ0n) is 14.8. The van der Waals surface area contributed by atoms with E-state index in [0.717, 1.165) is 30.5 Å². The average molecular weight is 374 g/mol. The van der Waals surface area contributed by atoms with Crippen molar-refractivity contribution in [2.24, 2.45) is 0 Å². The minimum atomic E-state index is -0.184. The zero-order chi connectivity index (χ0) is 17.8. The topological polar surface area (TPSA) is 75.4 Å². The van der Waals surface area contributed by atoms with Gasteiger partial charge in [-0.2, -0.15) is 0 Å². The van der Waals surface area contributed by atoms with E-state index in [1.54, 1.807) is 12.1 Å². The fourth-order valence-electron chi connectivity index (χ4n) is 3.08. The number of aryl methyl sites for hydroxylation is 1. The molecule has 0 atom stereocenters. The predicted octanol–water partition coefficient (Wildman–Crippen LogP) is 3.76. The second-order valence-corrected chi connectivity index (χ2v) is 6.50. The molecule has 0 spiro atoms. The summed E-state index contributed by atoms with van der Waals surface area (Å²) in [5, 5.41) is 2.92. The van der Waals surface area contributed by atoms with Gasteiger partial charge in [-0.1, -0.05) is 18.2 Å². The van der Waals surface area contributed by atoms with Crippen LogP contribution in [-0.4, -0.2) is 23.3 Å². The van der Waals surface area contributed by atoms with E-state index in [4.69, 9.17) is 5.73 Å². The molecule has 5 nitrogen and oxygen atoms in total. The van der Waals surface area contributed by atoms with E-state index in [-0.39, 0.29) is 24.2 Å². The number of rotatable bonds is 4. The molecule has 3 rings (SSSR count). The second kappa shape index (κ2) is 8.72. The summed E-state index contributed by atoms with van der Waals surface area (Å²) >= 11 is 0. The Morgan fingerprint density at radius 1 is 1.19 bits per heavy atom. The van der Waals surface area contributed by atoms with Crippen molar-refractivity contribution in [2.45, 2.75) is 32.7 Å². The predicted molar refractivity (Wildman–Crippen MR) is 107 cm³/mol. The maximum atomic E-state index is 12.5. The summed E-state index contributed by atoms with van der Waals surface area (Å²) in [6.07, 6.45) is 2.66. The molecule has 2 aromatic carbocycles. The first kappa shape index (κ1) is 19.8. The summed E-state index contributed by atoms with van der Waals surface area (Å²) in [5.74, 6) is 0.0204. The third-order valence-electron chi connectivity index (χ3n) is 4.49. The number of nitrogens with zero attached hydrogens (tertiary/aromatic N) is 1. The third-order valence-corrected chi connectivity index (χ3v) is 4.49. The van der Waals surface area contributed by atoms with Crippen LogP contribution in [0.3, 0.4) is 0 Å². The van der Waals surface area contributed by atoms with Gasteiger partial charge < -0.3 is 16.0 Å². The molecule has 1 fully saturated rings. The van der Waals surface area contributed by atoms with E-state index < -0.39 is 0 Å². The number of carbonyl (C=O) groups excluding carboxylic acids is 2. The van der Waals surface area contributed by atoms with Crippen LogP contribution in [0, 0.1) is 6.92 Å². The van der Waals surface area contributed by atoms with E-state index in [1.165, 1.54) is 0 Å². The Labute approximate surface area is 160 Å². The number of hydrogen-bond donors (Lipinski definition) is 2.